The first kappa shape index (κ1) is 79.3. The Morgan fingerprint density at radius 1 is 0.393 bits per heavy atom. The van der Waals surface area contributed by atoms with Crippen LogP contribution in [0, 0.1) is 56.2 Å². The number of nitrogens with zero attached hydrogens (tertiary/aromatic N) is 4. The summed E-state index contributed by atoms with van der Waals surface area (Å²) in [4.78, 5) is 84.6. The minimum absolute atomic E-state index is 0.0380. The summed E-state index contributed by atoms with van der Waals surface area (Å²) in [7, 11) is 0. The van der Waals surface area contributed by atoms with Gasteiger partial charge in [0, 0.05) is 120 Å². The lowest BCUT2D eigenvalue weighted by atomic mass is 9.66. The zero-order chi connectivity index (χ0) is 80.6. The van der Waals surface area contributed by atoms with Gasteiger partial charge >= 0.3 is 12.4 Å². The number of nitriles is 4. The fraction of sp³-hybridized carbons (Fsp3) is 0.283. The van der Waals surface area contributed by atoms with Gasteiger partial charge in [-0.3, -0.25) is 28.8 Å². The average molecular weight is 1570 g/mol. The van der Waals surface area contributed by atoms with E-state index >= 15 is 0 Å². The Balaban J connectivity index is 0.000000173. The summed E-state index contributed by atoms with van der Waals surface area (Å²) >= 11 is 6.89. The van der Waals surface area contributed by atoms with Crippen molar-refractivity contribution in [1.29, 1.82) is 21.0 Å². The van der Waals surface area contributed by atoms with Gasteiger partial charge < -0.3 is 0 Å². The van der Waals surface area contributed by atoms with Gasteiger partial charge in [-0.2, -0.15) is 47.4 Å². The third-order valence-electron chi connectivity index (χ3n) is 22.3. The van der Waals surface area contributed by atoms with E-state index in [0.29, 0.717) is 66.8 Å². The first-order valence-electron chi connectivity index (χ1n) is 37.2. The van der Waals surface area contributed by atoms with E-state index in [0.717, 1.165) is 83.4 Å². The van der Waals surface area contributed by atoms with Gasteiger partial charge in [-0.05, 0) is 118 Å². The number of halogens is 6. The first-order chi connectivity index (χ1) is 53.4. The van der Waals surface area contributed by atoms with Crippen LogP contribution in [0.15, 0.2) is 189 Å². The number of hydrogen-bond acceptors (Lipinski definition) is 14. The molecule has 18 rings (SSSR count). The van der Waals surface area contributed by atoms with Gasteiger partial charge in [-0.25, -0.2) is 0 Å². The number of alkyl halides is 6. The Bertz CT molecular complexity index is 5870. The predicted octanol–water partition coefficient (Wildman–Crippen LogP) is 25.2. The van der Waals surface area contributed by atoms with E-state index in [2.05, 4.69) is 64.1 Å². The maximum atomic E-state index is 14.1. The number of thiophene rings is 4. The van der Waals surface area contributed by atoms with Crippen molar-refractivity contribution in [3.8, 4) is 24.3 Å². The fourth-order valence-electron chi connectivity index (χ4n) is 17.7. The largest absolute Gasteiger partial charge is 0.386 e. The minimum atomic E-state index is -4.00. The van der Waals surface area contributed by atoms with Crippen LogP contribution >= 0.6 is 45.3 Å². The number of benzene rings is 4. The van der Waals surface area contributed by atoms with Crippen LogP contribution in [-0.2, 0) is 10.8 Å². The molecule has 20 heteroatoms. The number of carbonyl (C=O) groups excluding carboxylic acids is 6. The third kappa shape index (κ3) is 13.2. The molecule has 0 N–H and O–H groups in total. The van der Waals surface area contributed by atoms with Crippen molar-refractivity contribution in [3.63, 3.8) is 0 Å². The lowest BCUT2D eigenvalue weighted by Crippen LogP contribution is -2.28. The average Bonchev–Trinajstić information content (AvgIpc) is 1.50. The second kappa shape index (κ2) is 30.0. The maximum Gasteiger partial charge on any atom is 0.386 e. The molecule has 112 heavy (non-hydrogen) atoms. The molecule has 4 aromatic carbocycles. The van der Waals surface area contributed by atoms with Crippen LogP contribution in [0.3, 0.4) is 0 Å². The fourth-order valence-corrected chi connectivity index (χ4v) is 23.8. The molecule has 4 aromatic heterocycles. The number of ketones is 6. The van der Waals surface area contributed by atoms with E-state index < -0.39 is 17.8 Å². The normalized spacial score (nSPS) is 19.1. The van der Waals surface area contributed by atoms with Gasteiger partial charge in [0.25, 0.3) is 0 Å². The highest BCUT2D eigenvalue weighted by Gasteiger charge is 2.57. The second-order valence-electron chi connectivity index (χ2n) is 29.5. The number of rotatable bonds is 4. The number of fused-ring (bicyclic) bond motifs is 15. The quantitative estimate of drug-likeness (QED) is 0.0707. The van der Waals surface area contributed by atoms with Crippen LogP contribution in [-0.4, -0.2) is 47.1 Å². The number of Topliss-reactive ketones (excluding diaryl/α,β-unsaturated/α-hetero) is 6. The van der Waals surface area contributed by atoms with E-state index in [1.54, 1.807) is 113 Å². The first-order valence-corrected chi connectivity index (χ1v) is 40.5. The molecule has 2 spiro atoms. The third-order valence-corrected chi connectivity index (χ3v) is 27.1. The van der Waals surface area contributed by atoms with E-state index in [-0.39, 0.29) is 87.1 Å². The summed E-state index contributed by atoms with van der Waals surface area (Å²) in [6.45, 7) is 17.2. The van der Waals surface area contributed by atoms with Crippen LogP contribution < -0.4 is 0 Å². The number of carbonyl (C=O) groups is 6. The van der Waals surface area contributed by atoms with Crippen molar-refractivity contribution in [2.45, 2.75) is 157 Å². The van der Waals surface area contributed by atoms with Crippen molar-refractivity contribution < 1.29 is 55.1 Å². The van der Waals surface area contributed by atoms with Crippen LogP contribution in [0.5, 0.6) is 0 Å². The van der Waals surface area contributed by atoms with Crippen molar-refractivity contribution in [1.82, 2.24) is 0 Å². The molecule has 8 aromatic rings. The van der Waals surface area contributed by atoms with Crippen LogP contribution in [0.1, 0.15) is 237 Å². The summed E-state index contributed by atoms with van der Waals surface area (Å²) < 4.78 is 66.9. The number of allylic oxidation sites excluding steroid dienone is 18. The molecule has 0 bridgehead atoms. The number of hydrogen-bond donors (Lipinski definition) is 0. The summed E-state index contributed by atoms with van der Waals surface area (Å²) in [5.74, 6) is -1.15. The van der Waals surface area contributed by atoms with Gasteiger partial charge in [0.2, 0.25) is 0 Å². The Morgan fingerprint density at radius 2 is 0.705 bits per heavy atom. The van der Waals surface area contributed by atoms with Gasteiger partial charge in [-0.15, -0.1) is 45.3 Å². The van der Waals surface area contributed by atoms with Gasteiger partial charge in [0.1, 0.15) is 35.4 Å². The molecular formula is C92H74F6N4O6S4. The van der Waals surface area contributed by atoms with Crippen LogP contribution in [0.25, 0.3) is 53.2 Å². The molecule has 0 aliphatic heterocycles. The lowest BCUT2D eigenvalue weighted by Gasteiger charge is -2.38. The lowest BCUT2D eigenvalue weighted by molar-refractivity contribution is -0.111. The van der Waals surface area contributed by atoms with Crippen LogP contribution in [0.4, 0.5) is 26.3 Å². The second-order valence-corrected chi connectivity index (χ2v) is 33.8. The van der Waals surface area contributed by atoms with Crippen molar-refractivity contribution >= 4 is 133 Å². The molecule has 0 atom stereocenters. The zero-order valence-corrected chi connectivity index (χ0v) is 66.3. The smallest absolute Gasteiger partial charge is 0.289 e. The van der Waals surface area contributed by atoms with Crippen molar-refractivity contribution in [3.05, 3.63) is 264 Å². The summed E-state index contributed by atoms with van der Waals surface area (Å²) in [5.41, 5.74) is 15.2. The maximum absolute atomic E-state index is 14.1. The van der Waals surface area contributed by atoms with E-state index in [1.165, 1.54) is 63.7 Å². The molecular weight excluding hydrogens is 1500 g/mol. The summed E-state index contributed by atoms with van der Waals surface area (Å²) in [5, 5.41) is 39.9. The van der Waals surface area contributed by atoms with Crippen molar-refractivity contribution in [2.75, 3.05) is 0 Å². The molecule has 2 fully saturated rings. The molecule has 2 saturated carbocycles. The Kier molecular flexibility index (Phi) is 21.2. The molecule has 0 unspecified atom stereocenters. The van der Waals surface area contributed by atoms with E-state index in [4.69, 9.17) is 0 Å². The molecule has 564 valence electrons. The molecule has 10 aliphatic carbocycles. The molecule has 10 aliphatic rings. The molecule has 0 amide bonds. The molecule has 10 nitrogen and oxygen atoms in total. The van der Waals surface area contributed by atoms with E-state index in [1.807, 2.05) is 93.7 Å². The Hall–Kier alpha value is -10.8. The highest BCUT2D eigenvalue weighted by atomic mass is 32.1. The molecule has 0 radical (unpaired) electrons. The van der Waals surface area contributed by atoms with Gasteiger partial charge in [-0.1, -0.05) is 203 Å². The topological polar surface area (TPSA) is 198 Å². The highest BCUT2D eigenvalue weighted by molar-refractivity contribution is 7.30. The zero-order valence-electron chi connectivity index (χ0n) is 63.1. The predicted molar refractivity (Wildman–Crippen MR) is 433 cm³/mol. The standard InChI is InChI=1S/C48H32N4O2S2.C36H24O4S2.2C2H3F3.2C2H6/c49-23-27(24-50)39-31-11-3-5-13-33(31)43(53)35(39)19-29-20-37-41(47(29)15-7-1-8-16-47)46-42(48(37)17-9-2-10-18-48)45-38(56-46)22-30(55-45)21-36-40(28(25-51)26-52)32-12-4-6-14-34(32)44(36)54;1-35(2)17(13-23-29(37)19-9-5-6-10-20(19)30(23)38)14-25-27(35)34-28(36(25,3)4)33-26(42-34)16-18(41-33)15-24-31(39)21-11-7-8-12-22(21)32(24)40;2*1-2(3,4)5;2*1-2/h3-6,11-14,19-22H,1-2,7-10,15-18H2;5-16H,1-4H3;2*1H3;2*1-2H3/b35-19-,36-21-;;;;;. The molecule has 4 heterocycles. The van der Waals surface area contributed by atoms with Crippen LogP contribution in [0.2, 0.25) is 0 Å². The molecule has 0 saturated heterocycles. The highest BCUT2D eigenvalue weighted by Crippen LogP contribution is 2.71. The SMILES string of the molecule is CC.CC.CC(F)(F)F.CC(F)(F)F.CC1(C)C(C=C2C(=O)c3ccccc3C2=O)=CC2=C1c1sc3cc(C=C4C(=O)c5ccccc5C4=O)sc3c1C2(C)C.N#CC(C#N)=C1/C(=C/C2=CC3=C(c4sc5cc(/C=C6\C(=O)c7ccccc7C6=C(C#N)C#N)sc5c4C34CCCCC4)C23CCCCC3)C(=O)c2ccccc21. The van der Waals surface area contributed by atoms with E-state index in [9.17, 15) is 76.2 Å². The summed E-state index contributed by atoms with van der Waals surface area (Å²) in [6, 6.07) is 41.0. The van der Waals surface area contributed by atoms with Gasteiger partial charge in [0.15, 0.2) is 34.7 Å². The van der Waals surface area contributed by atoms with Gasteiger partial charge in [0.05, 0.1) is 20.5 Å². The monoisotopic (exact) mass is 1570 g/mol. The summed E-state index contributed by atoms with van der Waals surface area (Å²) in [6.07, 6.45) is 14.8. The van der Waals surface area contributed by atoms with Crippen molar-refractivity contribution in [2.24, 2.45) is 10.8 Å². The Morgan fingerprint density at radius 3 is 1.11 bits per heavy atom. The minimum Gasteiger partial charge on any atom is -0.289 e. The Labute approximate surface area is 661 Å².